The summed E-state index contributed by atoms with van der Waals surface area (Å²) >= 11 is 0. The molecule has 4 heteroatoms. The van der Waals surface area contributed by atoms with Gasteiger partial charge in [0.05, 0.1) is 18.2 Å². The minimum absolute atomic E-state index is 0.0706. The maximum atomic E-state index is 12.9. The quantitative estimate of drug-likeness (QED) is 0.847. The van der Waals surface area contributed by atoms with Crippen molar-refractivity contribution in [1.82, 2.24) is 9.88 Å². The first-order valence-electron chi connectivity index (χ1n) is 7.46. The molecule has 4 nitrogen and oxygen atoms in total. The first kappa shape index (κ1) is 13.9. The summed E-state index contributed by atoms with van der Waals surface area (Å²) in [5, 5.41) is 0.887. The Hall–Kier alpha value is -2.10. The summed E-state index contributed by atoms with van der Waals surface area (Å²) in [5.74, 6) is 1.24. The van der Waals surface area contributed by atoms with Gasteiger partial charge in [0.2, 0.25) is 5.88 Å². The Morgan fingerprint density at radius 1 is 1.38 bits per heavy atom. The molecule has 0 unspecified atom stereocenters. The highest BCUT2D eigenvalue weighted by molar-refractivity contribution is 6.06. The lowest BCUT2D eigenvalue weighted by Gasteiger charge is -2.21. The van der Waals surface area contributed by atoms with Crippen molar-refractivity contribution in [2.24, 2.45) is 5.92 Å². The van der Waals surface area contributed by atoms with Crippen molar-refractivity contribution in [3.8, 4) is 5.88 Å². The van der Waals surface area contributed by atoms with Gasteiger partial charge in [-0.15, -0.1) is 0 Å². The first-order valence-corrected chi connectivity index (χ1v) is 7.46. The summed E-state index contributed by atoms with van der Waals surface area (Å²) < 4.78 is 5.24. The Bertz CT molecular complexity index is 665. The van der Waals surface area contributed by atoms with E-state index in [1.54, 1.807) is 13.2 Å². The Kier molecular flexibility index (Phi) is 3.78. The van der Waals surface area contributed by atoms with E-state index >= 15 is 0 Å². The molecule has 21 heavy (non-hydrogen) atoms. The molecule has 3 rings (SSSR count). The molecule has 2 aromatic rings. The predicted molar refractivity (Wildman–Crippen MR) is 82.6 cm³/mol. The highest BCUT2D eigenvalue weighted by Crippen LogP contribution is 2.31. The molecule has 1 heterocycles. The lowest BCUT2D eigenvalue weighted by atomic mass is 10.1. The number of carbonyl (C=O) groups is 1. The fourth-order valence-corrected chi connectivity index (χ4v) is 2.57. The number of benzene rings is 1. The zero-order valence-corrected chi connectivity index (χ0v) is 12.5. The van der Waals surface area contributed by atoms with Crippen molar-refractivity contribution in [2.75, 3.05) is 20.2 Å². The highest BCUT2D eigenvalue weighted by atomic mass is 16.5. The van der Waals surface area contributed by atoms with Crippen LogP contribution in [0.25, 0.3) is 10.9 Å². The van der Waals surface area contributed by atoms with Crippen LogP contribution in [0.3, 0.4) is 0 Å². The third-order valence-corrected chi connectivity index (χ3v) is 3.98. The maximum Gasteiger partial charge on any atom is 0.254 e. The van der Waals surface area contributed by atoms with E-state index in [0.717, 1.165) is 24.0 Å². The molecule has 1 aliphatic rings. The van der Waals surface area contributed by atoms with Crippen molar-refractivity contribution in [3.63, 3.8) is 0 Å². The van der Waals surface area contributed by atoms with Crippen molar-refractivity contribution in [2.45, 2.75) is 19.8 Å². The molecule has 1 aliphatic carbocycles. The number of nitrogens with zero attached hydrogens (tertiary/aromatic N) is 2. The Labute approximate surface area is 124 Å². The molecular weight excluding hydrogens is 264 g/mol. The van der Waals surface area contributed by atoms with Crippen LogP contribution in [0, 0.1) is 5.92 Å². The second-order valence-electron chi connectivity index (χ2n) is 5.52. The molecule has 0 saturated heterocycles. The van der Waals surface area contributed by atoms with Crippen LogP contribution in [-0.2, 0) is 0 Å². The van der Waals surface area contributed by atoms with E-state index in [2.05, 4.69) is 4.98 Å². The van der Waals surface area contributed by atoms with E-state index in [9.17, 15) is 4.79 Å². The Balaban J connectivity index is 2.02. The summed E-state index contributed by atoms with van der Waals surface area (Å²) in [6, 6.07) is 9.46. The molecule has 1 saturated carbocycles. The molecule has 1 aromatic carbocycles. The van der Waals surface area contributed by atoms with Crippen LogP contribution in [-0.4, -0.2) is 36.0 Å². The molecule has 0 spiro atoms. The number of methoxy groups -OCH3 is 1. The van der Waals surface area contributed by atoms with E-state index in [0.29, 0.717) is 17.4 Å². The number of aromatic nitrogens is 1. The summed E-state index contributed by atoms with van der Waals surface area (Å²) in [6.45, 7) is 3.61. The van der Waals surface area contributed by atoms with Gasteiger partial charge in [0.1, 0.15) is 0 Å². The standard InChI is InChI=1S/C17H20N2O2/c1-3-19(11-12-8-9-12)17(20)14-10-16(21-2)18-15-7-5-4-6-13(14)15/h4-7,10,12H,3,8-9,11H2,1-2H3. The lowest BCUT2D eigenvalue weighted by molar-refractivity contribution is 0.0758. The second-order valence-corrected chi connectivity index (χ2v) is 5.52. The van der Waals surface area contributed by atoms with Crippen molar-refractivity contribution in [1.29, 1.82) is 0 Å². The molecule has 0 radical (unpaired) electrons. The first-order chi connectivity index (χ1) is 10.2. The molecule has 1 fully saturated rings. The van der Waals surface area contributed by atoms with E-state index in [4.69, 9.17) is 4.74 Å². The number of hydrogen-bond acceptors (Lipinski definition) is 3. The summed E-state index contributed by atoms with van der Waals surface area (Å²) in [7, 11) is 1.58. The Morgan fingerprint density at radius 2 is 2.14 bits per heavy atom. The van der Waals surface area contributed by atoms with Crippen molar-refractivity contribution >= 4 is 16.8 Å². The number of ether oxygens (including phenoxy) is 1. The molecule has 1 aromatic heterocycles. The summed E-state index contributed by atoms with van der Waals surface area (Å²) in [4.78, 5) is 19.2. The second kappa shape index (κ2) is 5.72. The maximum absolute atomic E-state index is 12.9. The van der Waals surface area contributed by atoms with E-state index in [1.165, 1.54) is 12.8 Å². The average molecular weight is 284 g/mol. The number of carbonyl (C=O) groups excluding carboxylic acids is 1. The molecule has 0 aliphatic heterocycles. The largest absolute Gasteiger partial charge is 0.481 e. The summed E-state index contributed by atoms with van der Waals surface area (Å²) in [5.41, 5.74) is 1.47. The third-order valence-electron chi connectivity index (χ3n) is 3.98. The Morgan fingerprint density at radius 3 is 2.81 bits per heavy atom. The molecular formula is C17H20N2O2. The lowest BCUT2D eigenvalue weighted by Crippen LogP contribution is -2.32. The van der Waals surface area contributed by atoms with E-state index in [1.807, 2.05) is 36.1 Å². The fourth-order valence-electron chi connectivity index (χ4n) is 2.57. The van der Waals surface area contributed by atoms with Crippen LogP contribution in [0.2, 0.25) is 0 Å². The topological polar surface area (TPSA) is 42.4 Å². The van der Waals surface area contributed by atoms with Crippen LogP contribution < -0.4 is 4.74 Å². The van der Waals surface area contributed by atoms with Gasteiger partial charge in [0, 0.05) is 24.5 Å². The third kappa shape index (κ3) is 2.84. The van der Waals surface area contributed by atoms with Gasteiger partial charge in [-0.2, -0.15) is 0 Å². The van der Waals surface area contributed by atoms with E-state index < -0.39 is 0 Å². The van der Waals surface area contributed by atoms with Crippen LogP contribution in [0.5, 0.6) is 5.88 Å². The van der Waals surface area contributed by atoms with Crippen LogP contribution >= 0.6 is 0 Å². The smallest absolute Gasteiger partial charge is 0.254 e. The predicted octanol–water partition coefficient (Wildman–Crippen LogP) is 3.12. The monoisotopic (exact) mass is 284 g/mol. The van der Waals surface area contributed by atoms with Crippen LogP contribution in [0.1, 0.15) is 30.1 Å². The van der Waals surface area contributed by atoms with E-state index in [-0.39, 0.29) is 5.91 Å². The van der Waals surface area contributed by atoms with Gasteiger partial charge in [0.25, 0.3) is 5.91 Å². The van der Waals surface area contributed by atoms with Crippen LogP contribution in [0.4, 0.5) is 0 Å². The van der Waals surface area contributed by atoms with Gasteiger partial charge in [-0.1, -0.05) is 18.2 Å². The zero-order chi connectivity index (χ0) is 14.8. The summed E-state index contributed by atoms with van der Waals surface area (Å²) in [6.07, 6.45) is 2.48. The van der Waals surface area contributed by atoms with Gasteiger partial charge < -0.3 is 9.64 Å². The number of para-hydroxylation sites is 1. The number of amides is 1. The molecule has 0 atom stereocenters. The number of rotatable bonds is 5. The fraction of sp³-hybridized carbons (Fsp3) is 0.412. The van der Waals surface area contributed by atoms with Crippen molar-refractivity contribution < 1.29 is 9.53 Å². The zero-order valence-electron chi connectivity index (χ0n) is 12.5. The molecule has 1 amide bonds. The van der Waals surface area contributed by atoms with Gasteiger partial charge in [-0.25, -0.2) is 4.98 Å². The minimum atomic E-state index is 0.0706. The van der Waals surface area contributed by atoms with Gasteiger partial charge in [-0.05, 0) is 31.7 Å². The number of pyridine rings is 1. The van der Waals surface area contributed by atoms with Crippen LogP contribution in [0.15, 0.2) is 30.3 Å². The van der Waals surface area contributed by atoms with Gasteiger partial charge in [-0.3, -0.25) is 4.79 Å². The molecule has 0 bridgehead atoms. The van der Waals surface area contributed by atoms with Gasteiger partial charge >= 0.3 is 0 Å². The molecule has 0 N–H and O–H groups in total. The normalized spacial score (nSPS) is 14.2. The SMILES string of the molecule is CCN(CC1CC1)C(=O)c1cc(OC)nc2ccccc12. The van der Waals surface area contributed by atoms with Crippen molar-refractivity contribution in [3.05, 3.63) is 35.9 Å². The molecule has 110 valence electrons. The number of fused-ring (bicyclic) bond motifs is 1. The number of hydrogen-bond donors (Lipinski definition) is 0. The average Bonchev–Trinajstić information content (AvgIpc) is 3.34. The van der Waals surface area contributed by atoms with Gasteiger partial charge in [0.15, 0.2) is 0 Å². The highest BCUT2D eigenvalue weighted by Gasteiger charge is 2.27. The minimum Gasteiger partial charge on any atom is -0.481 e.